The predicted molar refractivity (Wildman–Crippen MR) is 125 cm³/mol. The summed E-state index contributed by atoms with van der Waals surface area (Å²) < 4.78 is 18.9. The lowest BCUT2D eigenvalue weighted by Crippen LogP contribution is -2.00. The fourth-order valence-corrected chi connectivity index (χ4v) is 3.66. The molecule has 4 rings (SSSR count). The van der Waals surface area contributed by atoms with Gasteiger partial charge in [0.25, 0.3) is 0 Å². The normalized spacial score (nSPS) is 14.6. The summed E-state index contributed by atoms with van der Waals surface area (Å²) in [5, 5.41) is 15.3. The molecule has 0 radical (unpaired) electrons. The van der Waals surface area contributed by atoms with Crippen LogP contribution in [0, 0.1) is 6.92 Å². The number of aromatic nitrogens is 2. The topological polar surface area (TPSA) is 65.7 Å². The van der Waals surface area contributed by atoms with E-state index in [2.05, 4.69) is 5.10 Å². The third-order valence-electron chi connectivity index (χ3n) is 5.28. The van der Waals surface area contributed by atoms with Crippen LogP contribution in [0.2, 0.25) is 10.0 Å². The highest BCUT2D eigenvalue weighted by Crippen LogP contribution is 2.41. The van der Waals surface area contributed by atoms with Gasteiger partial charge in [-0.1, -0.05) is 41.4 Å². The van der Waals surface area contributed by atoms with Crippen molar-refractivity contribution in [2.45, 2.75) is 32.0 Å². The smallest absolute Gasteiger partial charge is 0.225 e. The molecule has 1 N–H and O–H groups in total. The van der Waals surface area contributed by atoms with Crippen molar-refractivity contribution in [1.82, 2.24) is 9.78 Å². The van der Waals surface area contributed by atoms with E-state index in [0.717, 1.165) is 35.4 Å². The molecule has 0 atom stereocenters. The number of aryl methyl sites for hydroxylation is 2. The second kappa shape index (κ2) is 9.06. The largest absolute Gasteiger partial charge is 0.497 e. The molecule has 1 aliphatic rings. The minimum absolute atomic E-state index is 0.322. The molecule has 8 heteroatoms. The number of benzene rings is 2. The van der Waals surface area contributed by atoms with Gasteiger partial charge in [0, 0.05) is 13.1 Å². The number of halogens is 2. The van der Waals surface area contributed by atoms with E-state index in [4.69, 9.17) is 37.4 Å². The highest BCUT2D eigenvalue weighted by Gasteiger charge is 2.37. The van der Waals surface area contributed by atoms with Gasteiger partial charge in [-0.3, -0.25) is 0 Å². The number of methoxy groups -OCH3 is 1. The van der Waals surface area contributed by atoms with Crippen LogP contribution >= 0.6 is 23.2 Å². The first-order chi connectivity index (χ1) is 15.3. The van der Waals surface area contributed by atoms with Crippen LogP contribution in [0.1, 0.15) is 29.7 Å². The number of ether oxygens (including phenoxy) is 3. The summed E-state index contributed by atoms with van der Waals surface area (Å²) in [6.45, 7) is 2.21. The molecule has 32 heavy (non-hydrogen) atoms. The van der Waals surface area contributed by atoms with E-state index >= 15 is 0 Å². The molecule has 0 amide bonds. The zero-order chi connectivity index (χ0) is 22.9. The van der Waals surface area contributed by atoms with Crippen LogP contribution in [0.4, 0.5) is 0 Å². The molecule has 1 aliphatic carbocycles. The highest BCUT2D eigenvalue weighted by molar-refractivity contribution is 6.36. The second-order valence-corrected chi connectivity index (χ2v) is 8.63. The summed E-state index contributed by atoms with van der Waals surface area (Å²) in [5.74, 6) is 2.13. The maximum atomic E-state index is 10.1. The molecule has 3 aromatic rings. The molecular formula is C24H24Cl2N2O4. The van der Waals surface area contributed by atoms with Crippen LogP contribution in [-0.2, 0) is 13.7 Å². The van der Waals surface area contributed by atoms with Crippen molar-refractivity contribution in [3.8, 4) is 23.1 Å². The SMILES string of the molecule is COc1ccc(COc2cc(Oc3c(/C=C/C4(O)CC4)c(C)nn3C)c(Cl)cc2Cl)cc1. The van der Waals surface area contributed by atoms with Gasteiger partial charge < -0.3 is 19.3 Å². The van der Waals surface area contributed by atoms with Crippen molar-refractivity contribution in [2.75, 3.05) is 7.11 Å². The van der Waals surface area contributed by atoms with Gasteiger partial charge in [0.05, 0.1) is 34.0 Å². The molecule has 1 saturated carbocycles. The Labute approximate surface area is 196 Å². The number of rotatable bonds is 8. The molecular weight excluding hydrogens is 451 g/mol. The zero-order valence-corrected chi connectivity index (χ0v) is 19.6. The molecule has 0 saturated heterocycles. The maximum absolute atomic E-state index is 10.1. The third-order valence-corrected chi connectivity index (χ3v) is 5.87. The number of nitrogens with zero attached hydrogens (tertiary/aromatic N) is 2. The van der Waals surface area contributed by atoms with Crippen molar-refractivity contribution < 1.29 is 19.3 Å². The molecule has 1 heterocycles. The molecule has 2 aromatic carbocycles. The molecule has 1 aromatic heterocycles. The summed E-state index contributed by atoms with van der Waals surface area (Å²) in [7, 11) is 3.41. The molecule has 6 nitrogen and oxygen atoms in total. The summed E-state index contributed by atoms with van der Waals surface area (Å²) in [5.41, 5.74) is 1.80. The Hall–Kier alpha value is -2.67. The van der Waals surface area contributed by atoms with E-state index in [9.17, 15) is 5.11 Å². The number of hydrogen-bond acceptors (Lipinski definition) is 5. The summed E-state index contributed by atoms with van der Waals surface area (Å²) in [6.07, 6.45) is 5.15. The average Bonchev–Trinajstić information content (AvgIpc) is 3.44. The molecule has 0 aliphatic heterocycles. The van der Waals surface area contributed by atoms with Crippen LogP contribution in [-0.4, -0.2) is 27.6 Å². The maximum Gasteiger partial charge on any atom is 0.225 e. The quantitative estimate of drug-likeness (QED) is 0.436. The summed E-state index contributed by atoms with van der Waals surface area (Å²) in [4.78, 5) is 0. The monoisotopic (exact) mass is 474 g/mol. The van der Waals surface area contributed by atoms with Gasteiger partial charge >= 0.3 is 0 Å². The number of aliphatic hydroxyl groups is 1. The molecule has 168 valence electrons. The van der Waals surface area contributed by atoms with E-state index < -0.39 is 5.60 Å². The Morgan fingerprint density at radius 1 is 1.12 bits per heavy atom. The van der Waals surface area contributed by atoms with Crippen molar-refractivity contribution in [3.63, 3.8) is 0 Å². The van der Waals surface area contributed by atoms with Gasteiger partial charge in [-0.2, -0.15) is 5.10 Å². The Morgan fingerprint density at radius 3 is 2.47 bits per heavy atom. The van der Waals surface area contributed by atoms with Crippen LogP contribution in [0.5, 0.6) is 23.1 Å². The van der Waals surface area contributed by atoms with E-state index in [1.165, 1.54) is 0 Å². The van der Waals surface area contributed by atoms with E-state index in [-0.39, 0.29) is 0 Å². The minimum Gasteiger partial charge on any atom is -0.497 e. The Kier molecular flexibility index (Phi) is 6.38. The van der Waals surface area contributed by atoms with Gasteiger partial charge in [-0.25, -0.2) is 4.68 Å². The third kappa shape index (κ3) is 5.04. The van der Waals surface area contributed by atoms with Gasteiger partial charge in [0.15, 0.2) is 5.75 Å². The average molecular weight is 475 g/mol. The van der Waals surface area contributed by atoms with Crippen LogP contribution in [0.25, 0.3) is 6.08 Å². The van der Waals surface area contributed by atoms with Gasteiger partial charge in [-0.05, 0) is 49.6 Å². The predicted octanol–water partition coefficient (Wildman–Crippen LogP) is 5.95. The Balaban J connectivity index is 1.56. The Bertz CT molecular complexity index is 1150. The van der Waals surface area contributed by atoms with Gasteiger partial charge in [-0.15, -0.1) is 0 Å². The Morgan fingerprint density at radius 2 is 1.81 bits per heavy atom. The highest BCUT2D eigenvalue weighted by atomic mass is 35.5. The minimum atomic E-state index is -0.722. The molecule has 0 unspecified atom stereocenters. The summed E-state index contributed by atoms with van der Waals surface area (Å²) in [6, 6.07) is 10.8. The molecule has 0 spiro atoms. The molecule has 0 bridgehead atoms. The first-order valence-electron chi connectivity index (χ1n) is 10.2. The zero-order valence-electron chi connectivity index (χ0n) is 18.1. The fraction of sp³-hybridized carbons (Fsp3) is 0.292. The fourth-order valence-electron chi connectivity index (χ4n) is 3.19. The lowest BCUT2D eigenvalue weighted by Gasteiger charge is -2.13. The summed E-state index contributed by atoms with van der Waals surface area (Å²) >= 11 is 12.8. The van der Waals surface area contributed by atoms with Crippen molar-refractivity contribution in [2.24, 2.45) is 7.05 Å². The van der Waals surface area contributed by atoms with Crippen LogP contribution in [0.15, 0.2) is 42.5 Å². The van der Waals surface area contributed by atoms with Crippen LogP contribution < -0.4 is 14.2 Å². The van der Waals surface area contributed by atoms with E-state index in [0.29, 0.717) is 34.0 Å². The van der Waals surface area contributed by atoms with Crippen LogP contribution in [0.3, 0.4) is 0 Å². The lowest BCUT2D eigenvalue weighted by molar-refractivity contribution is 0.203. The standard InChI is InChI=1S/C24H24Cl2N2O4/c1-15-18(8-9-24(29)10-11-24)23(28(2)27-15)32-22-13-21(19(25)12-20(22)26)31-14-16-4-6-17(30-3)7-5-16/h4-9,12-13,29H,10-11,14H2,1-3H3/b9-8+. The second-order valence-electron chi connectivity index (χ2n) is 7.82. The van der Waals surface area contributed by atoms with Gasteiger partial charge in [0.2, 0.25) is 5.88 Å². The van der Waals surface area contributed by atoms with Crippen molar-refractivity contribution in [1.29, 1.82) is 0 Å². The molecule has 1 fully saturated rings. The first-order valence-corrected chi connectivity index (χ1v) is 10.9. The van der Waals surface area contributed by atoms with Crippen molar-refractivity contribution in [3.05, 3.63) is 69.3 Å². The van der Waals surface area contributed by atoms with Crippen molar-refractivity contribution >= 4 is 29.3 Å². The van der Waals surface area contributed by atoms with E-state index in [1.54, 1.807) is 37.0 Å². The number of hydrogen-bond donors (Lipinski definition) is 1. The van der Waals surface area contributed by atoms with Gasteiger partial charge in [0.1, 0.15) is 18.1 Å². The first kappa shape index (κ1) is 22.5. The van der Waals surface area contributed by atoms with E-state index in [1.807, 2.05) is 37.3 Å². The lowest BCUT2D eigenvalue weighted by atomic mass is 10.2.